The molecule has 0 aliphatic heterocycles. The van der Waals surface area contributed by atoms with Crippen molar-refractivity contribution >= 4 is 21.6 Å². The van der Waals surface area contributed by atoms with Gasteiger partial charge in [0.2, 0.25) is 10.0 Å². The number of hydrogen-bond donors (Lipinski definition) is 0. The summed E-state index contributed by atoms with van der Waals surface area (Å²) in [6.07, 6.45) is 0.944. The Balaban J connectivity index is 2.52. The first-order valence-corrected chi connectivity index (χ1v) is 8.55. The van der Waals surface area contributed by atoms with Gasteiger partial charge in [0.15, 0.2) is 4.90 Å². The first-order valence-electron chi connectivity index (χ1n) is 6.73. The minimum absolute atomic E-state index is 0.00751. The molecule has 0 unspecified atom stereocenters. The summed E-state index contributed by atoms with van der Waals surface area (Å²) in [7, 11) is -0.545. The summed E-state index contributed by atoms with van der Waals surface area (Å²) in [5.41, 5.74) is -1.62. The van der Waals surface area contributed by atoms with Crippen LogP contribution >= 0.6 is 11.6 Å². The Kier molecular flexibility index (Phi) is 4.97. The van der Waals surface area contributed by atoms with Gasteiger partial charge in [-0.1, -0.05) is 17.7 Å². The van der Waals surface area contributed by atoms with Gasteiger partial charge in [0.1, 0.15) is 5.82 Å². The maximum atomic E-state index is 13.8. The van der Waals surface area contributed by atoms with Crippen LogP contribution in [0.4, 0.5) is 4.39 Å². The number of aromatic nitrogens is 2. The van der Waals surface area contributed by atoms with Gasteiger partial charge in [-0.3, -0.25) is 9.36 Å². The quantitative estimate of drug-likeness (QED) is 0.787. The van der Waals surface area contributed by atoms with Gasteiger partial charge in [-0.2, -0.15) is 4.31 Å². The van der Waals surface area contributed by atoms with Crippen LogP contribution in [0.25, 0.3) is 0 Å². The highest BCUT2D eigenvalue weighted by Crippen LogP contribution is 2.22. The molecule has 2 aromatic rings. The largest absolute Gasteiger partial charge is 0.330 e. The fourth-order valence-electron chi connectivity index (χ4n) is 2.11. The Morgan fingerprint density at radius 2 is 1.88 bits per heavy atom. The minimum Gasteiger partial charge on any atom is -0.302 e. The molecule has 0 aliphatic rings. The normalized spacial score (nSPS) is 11.9. The molecule has 0 bridgehead atoms. The van der Waals surface area contributed by atoms with Gasteiger partial charge in [-0.15, -0.1) is 0 Å². The van der Waals surface area contributed by atoms with Crippen molar-refractivity contribution in [3.05, 3.63) is 61.6 Å². The lowest BCUT2D eigenvalue weighted by Crippen LogP contribution is -2.41. The molecule has 1 aromatic heterocycles. The third-order valence-electron chi connectivity index (χ3n) is 3.55. The van der Waals surface area contributed by atoms with Gasteiger partial charge in [-0.25, -0.2) is 17.6 Å². The van der Waals surface area contributed by atoms with Gasteiger partial charge in [0.05, 0.1) is 0 Å². The van der Waals surface area contributed by atoms with Crippen molar-refractivity contribution in [2.24, 2.45) is 14.1 Å². The SMILES string of the molecule is CN(Cc1c(F)cccc1Cl)S(=O)(=O)c1cn(C)c(=O)n(C)c1=O. The highest BCUT2D eigenvalue weighted by molar-refractivity contribution is 7.89. The molecule has 0 N–H and O–H groups in total. The van der Waals surface area contributed by atoms with Crippen LogP contribution in [-0.4, -0.2) is 28.9 Å². The zero-order valence-electron chi connectivity index (χ0n) is 13.2. The van der Waals surface area contributed by atoms with E-state index < -0.39 is 32.0 Å². The molecule has 10 heteroatoms. The number of sulfonamides is 1. The highest BCUT2D eigenvalue weighted by Gasteiger charge is 2.27. The second kappa shape index (κ2) is 6.50. The smallest absolute Gasteiger partial charge is 0.302 e. The molecule has 1 aromatic carbocycles. The fourth-order valence-corrected chi connectivity index (χ4v) is 3.62. The monoisotopic (exact) mass is 375 g/mol. The molecule has 0 saturated carbocycles. The van der Waals surface area contributed by atoms with E-state index in [2.05, 4.69) is 0 Å². The van der Waals surface area contributed by atoms with E-state index in [1.54, 1.807) is 0 Å². The van der Waals surface area contributed by atoms with Crippen molar-refractivity contribution in [1.82, 2.24) is 13.4 Å². The van der Waals surface area contributed by atoms with Crippen molar-refractivity contribution in [3.63, 3.8) is 0 Å². The third-order valence-corrected chi connectivity index (χ3v) is 5.69. The van der Waals surface area contributed by atoms with Crippen molar-refractivity contribution in [3.8, 4) is 0 Å². The van der Waals surface area contributed by atoms with E-state index in [1.807, 2.05) is 0 Å². The number of hydrogen-bond acceptors (Lipinski definition) is 4. The number of aryl methyl sites for hydroxylation is 1. The molecule has 130 valence electrons. The number of benzene rings is 1. The molecule has 7 nitrogen and oxygen atoms in total. The first kappa shape index (κ1) is 18.4. The van der Waals surface area contributed by atoms with Crippen LogP contribution in [0.1, 0.15) is 5.56 Å². The van der Waals surface area contributed by atoms with E-state index in [4.69, 9.17) is 11.6 Å². The molecule has 0 radical (unpaired) electrons. The van der Waals surface area contributed by atoms with Gasteiger partial charge in [0, 0.05) is 44.5 Å². The van der Waals surface area contributed by atoms with Crippen molar-refractivity contribution < 1.29 is 12.8 Å². The average Bonchev–Trinajstić information content (AvgIpc) is 2.52. The van der Waals surface area contributed by atoms with Crippen molar-refractivity contribution in [2.45, 2.75) is 11.4 Å². The second-order valence-corrected chi connectivity index (χ2v) is 7.63. The Labute approximate surface area is 142 Å². The first-order chi connectivity index (χ1) is 11.1. The van der Waals surface area contributed by atoms with Crippen LogP contribution in [-0.2, 0) is 30.7 Å². The lowest BCUT2D eigenvalue weighted by Gasteiger charge is -2.18. The van der Waals surface area contributed by atoms with Crippen LogP contribution in [0, 0.1) is 5.82 Å². The minimum atomic E-state index is -4.25. The molecule has 0 aliphatic carbocycles. The maximum Gasteiger partial charge on any atom is 0.330 e. The molecule has 0 atom stereocenters. The summed E-state index contributed by atoms with van der Waals surface area (Å²) in [6.45, 7) is -0.361. The van der Waals surface area contributed by atoms with Crippen LogP contribution in [0.3, 0.4) is 0 Å². The molecule has 2 rings (SSSR count). The summed E-state index contributed by atoms with van der Waals surface area (Å²) < 4.78 is 41.6. The molecule has 0 fully saturated rings. The summed E-state index contributed by atoms with van der Waals surface area (Å²) in [5.74, 6) is -0.655. The van der Waals surface area contributed by atoms with E-state index in [-0.39, 0.29) is 17.1 Å². The number of halogens is 2. The molecule has 0 spiro atoms. The summed E-state index contributed by atoms with van der Waals surface area (Å²) >= 11 is 5.90. The van der Waals surface area contributed by atoms with Gasteiger partial charge >= 0.3 is 5.69 Å². The van der Waals surface area contributed by atoms with E-state index in [1.165, 1.54) is 33.3 Å². The molecular formula is C14H15ClFN3O4S. The fraction of sp³-hybridized carbons (Fsp3) is 0.286. The molecule has 0 amide bonds. The van der Waals surface area contributed by atoms with E-state index >= 15 is 0 Å². The standard InChI is InChI=1S/C14H15ClFN3O4S/c1-17-8-12(13(20)19(3)14(17)21)24(22,23)18(2)7-9-10(15)5-4-6-11(9)16/h4-6,8H,7H2,1-3H3. The predicted octanol–water partition coefficient (Wildman–Crippen LogP) is 0.697. The summed E-state index contributed by atoms with van der Waals surface area (Å²) in [6, 6.07) is 4.00. The summed E-state index contributed by atoms with van der Waals surface area (Å²) in [4.78, 5) is 23.2. The Morgan fingerprint density at radius 3 is 2.46 bits per heavy atom. The Morgan fingerprint density at radius 1 is 1.25 bits per heavy atom. The van der Waals surface area contributed by atoms with Crippen LogP contribution < -0.4 is 11.2 Å². The lowest BCUT2D eigenvalue weighted by molar-refractivity contribution is 0.453. The van der Waals surface area contributed by atoms with Gasteiger partial charge in [-0.05, 0) is 12.1 Å². The molecule has 24 heavy (non-hydrogen) atoms. The second-order valence-electron chi connectivity index (χ2n) is 5.21. The van der Waals surface area contributed by atoms with Crippen LogP contribution in [0.2, 0.25) is 5.02 Å². The Bertz CT molecular complexity index is 993. The van der Waals surface area contributed by atoms with Gasteiger partial charge in [0.25, 0.3) is 5.56 Å². The number of rotatable bonds is 4. The van der Waals surface area contributed by atoms with Crippen LogP contribution in [0.5, 0.6) is 0 Å². The number of nitrogens with zero attached hydrogens (tertiary/aromatic N) is 3. The molecular weight excluding hydrogens is 361 g/mol. The van der Waals surface area contributed by atoms with E-state index in [0.29, 0.717) is 4.57 Å². The van der Waals surface area contributed by atoms with Gasteiger partial charge < -0.3 is 4.57 Å². The van der Waals surface area contributed by atoms with Crippen molar-refractivity contribution in [2.75, 3.05) is 7.05 Å². The predicted molar refractivity (Wildman–Crippen MR) is 87.0 cm³/mol. The maximum absolute atomic E-state index is 13.8. The highest BCUT2D eigenvalue weighted by atomic mass is 35.5. The lowest BCUT2D eigenvalue weighted by atomic mass is 10.2. The van der Waals surface area contributed by atoms with Crippen molar-refractivity contribution in [1.29, 1.82) is 0 Å². The third kappa shape index (κ3) is 3.14. The van der Waals surface area contributed by atoms with E-state index in [0.717, 1.165) is 21.1 Å². The van der Waals surface area contributed by atoms with E-state index in [9.17, 15) is 22.4 Å². The zero-order valence-corrected chi connectivity index (χ0v) is 14.7. The average molecular weight is 376 g/mol. The summed E-state index contributed by atoms with van der Waals surface area (Å²) in [5, 5.41) is 0.0745. The topological polar surface area (TPSA) is 81.4 Å². The Hall–Kier alpha value is -1.97. The zero-order chi connectivity index (χ0) is 18.2. The molecule has 0 saturated heterocycles. The molecule has 1 heterocycles. The van der Waals surface area contributed by atoms with Crippen LogP contribution in [0.15, 0.2) is 38.9 Å².